The minimum Gasteiger partial charge on any atom is -0.436 e. The largest absolute Gasteiger partial charge is 0.436 e. The van der Waals surface area contributed by atoms with E-state index in [4.69, 9.17) is 4.74 Å². The van der Waals surface area contributed by atoms with E-state index >= 15 is 0 Å². The molecule has 1 atom stereocenters. The normalized spacial score (nSPS) is 17.6. The molecule has 0 radical (unpaired) electrons. The molecule has 2 amide bonds. The number of benzene rings is 4. The van der Waals surface area contributed by atoms with Gasteiger partial charge in [-0.15, -0.1) is 0 Å². The summed E-state index contributed by atoms with van der Waals surface area (Å²) >= 11 is 0. The molecule has 1 aliphatic carbocycles. The number of amides is 2. The Kier molecular flexibility index (Phi) is 8.30. The molecule has 8 nitrogen and oxygen atoms in total. The summed E-state index contributed by atoms with van der Waals surface area (Å²) in [6, 6.07) is 20.8. The van der Waals surface area contributed by atoms with Crippen LogP contribution in [-0.2, 0) is 37.1 Å². The number of fused-ring (bicyclic) bond motifs is 4. The number of carbonyl (C=O) groups is 2. The van der Waals surface area contributed by atoms with Gasteiger partial charge in [-0.1, -0.05) is 73.7 Å². The van der Waals surface area contributed by atoms with E-state index < -0.39 is 57.0 Å². The quantitative estimate of drug-likeness (QED) is 0.202. The first-order chi connectivity index (χ1) is 23.3. The number of anilines is 1. The number of carbonyl (C=O) groups excluding carboxylic acids is 2. The summed E-state index contributed by atoms with van der Waals surface area (Å²) in [6.07, 6.45) is -14.0. The van der Waals surface area contributed by atoms with E-state index in [0.29, 0.717) is 28.8 Å². The molecule has 4 aromatic rings. The highest BCUT2D eigenvalue weighted by atomic mass is 32.2. The van der Waals surface area contributed by atoms with Gasteiger partial charge in [0.1, 0.15) is 5.54 Å². The Morgan fingerprint density at radius 1 is 0.880 bits per heavy atom. The number of nitrogens with zero attached hydrogens (tertiary/aromatic N) is 1. The summed E-state index contributed by atoms with van der Waals surface area (Å²) in [6.45, 7) is 2.54. The molecule has 4 aromatic carbocycles. The number of sulfone groups is 1. The fourth-order valence-corrected chi connectivity index (χ4v) is 7.37. The summed E-state index contributed by atoms with van der Waals surface area (Å²) in [7, 11) is -3.70. The molecule has 6 rings (SSSR count). The average molecular weight is 719 g/mol. The zero-order valence-electron chi connectivity index (χ0n) is 26.3. The fraction of sp³-hybridized carbons (Fsp3) is 0.257. The Bertz CT molecular complexity index is 2060. The van der Waals surface area contributed by atoms with Crippen LogP contribution in [0.4, 0.5) is 36.8 Å². The Labute approximate surface area is 282 Å². The van der Waals surface area contributed by atoms with Crippen LogP contribution in [0.15, 0.2) is 95.9 Å². The van der Waals surface area contributed by atoms with Crippen LogP contribution in [0.5, 0.6) is 0 Å². The number of ether oxygens (including phenoxy) is 1. The Morgan fingerprint density at radius 2 is 1.42 bits per heavy atom. The van der Waals surface area contributed by atoms with Crippen molar-refractivity contribution in [1.82, 2.24) is 4.90 Å². The molecule has 15 heteroatoms. The maximum Gasteiger partial charge on any atom is 0.430 e. The Balaban J connectivity index is 1.36. The van der Waals surface area contributed by atoms with E-state index in [1.807, 2.05) is 24.3 Å². The lowest BCUT2D eigenvalue weighted by atomic mass is 9.90. The molecule has 0 saturated carbocycles. The van der Waals surface area contributed by atoms with Gasteiger partial charge in [0.25, 0.3) is 11.5 Å². The van der Waals surface area contributed by atoms with Gasteiger partial charge in [-0.05, 0) is 53.4 Å². The smallest absolute Gasteiger partial charge is 0.430 e. The van der Waals surface area contributed by atoms with Gasteiger partial charge in [0, 0.05) is 22.4 Å². The first kappa shape index (κ1) is 35.0. The van der Waals surface area contributed by atoms with Crippen molar-refractivity contribution in [2.24, 2.45) is 0 Å². The molecular formula is C35H28F6N2O6S. The van der Waals surface area contributed by atoms with Crippen molar-refractivity contribution in [3.8, 4) is 11.1 Å². The van der Waals surface area contributed by atoms with Crippen molar-refractivity contribution in [2.45, 2.75) is 54.9 Å². The van der Waals surface area contributed by atoms with Crippen LogP contribution < -0.4 is 5.32 Å². The molecule has 1 heterocycles. The first-order valence-electron chi connectivity index (χ1n) is 15.1. The number of hydrogen-bond acceptors (Lipinski definition) is 6. The van der Waals surface area contributed by atoms with Gasteiger partial charge in [-0.2, -0.15) is 26.3 Å². The highest BCUT2D eigenvalue weighted by Gasteiger charge is 2.71. The predicted molar refractivity (Wildman–Crippen MR) is 168 cm³/mol. The third kappa shape index (κ3) is 5.39. The van der Waals surface area contributed by atoms with Crippen LogP contribution in [-0.4, -0.2) is 48.5 Å². The van der Waals surface area contributed by atoms with Gasteiger partial charge >= 0.3 is 18.4 Å². The maximum atomic E-state index is 14.1. The number of aliphatic hydroxyl groups is 1. The Hall–Kier alpha value is -4.89. The molecule has 1 unspecified atom stereocenters. The number of alkyl halides is 6. The van der Waals surface area contributed by atoms with E-state index in [9.17, 15) is 49.5 Å². The van der Waals surface area contributed by atoms with Crippen molar-refractivity contribution in [3.05, 3.63) is 119 Å². The minimum absolute atomic E-state index is 0.0484. The molecule has 2 N–H and O–H groups in total. The molecule has 0 spiro atoms. The molecule has 0 saturated heterocycles. The fourth-order valence-electron chi connectivity index (χ4n) is 6.44. The van der Waals surface area contributed by atoms with Crippen LogP contribution >= 0.6 is 0 Å². The Morgan fingerprint density at radius 3 is 1.94 bits per heavy atom. The number of halogens is 6. The topological polar surface area (TPSA) is 113 Å². The van der Waals surface area contributed by atoms with Crippen LogP contribution in [0.25, 0.3) is 11.1 Å². The van der Waals surface area contributed by atoms with Crippen LogP contribution in [0.1, 0.15) is 47.8 Å². The molecule has 0 aromatic heterocycles. The molecule has 0 fully saturated rings. The van der Waals surface area contributed by atoms with Crippen molar-refractivity contribution < 1.29 is 54.2 Å². The van der Waals surface area contributed by atoms with Crippen molar-refractivity contribution in [3.63, 3.8) is 0 Å². The summed E-state index contributed by atoms with van der Waals surface area (Å²) in [4.78, 5) is 29.2. The number of hydrogen-bond donors (Lipinski definition) is 2. The molecule has 1 aliphatic heterocycles. The monoisotopic (exact) mass is 718 g/mol. The molecule has 262 valence electrons. The lowest BCUT2D eigenvalue weighted by Crippen LogP contribution is -2.53. The third-order valence-electron chi connectivity index (χ3n) is 9.25. The molecule has 50 heavy (non-hydrogen) atoms. The minimum atomic E-state index is -6.11. The summed E-state index contributed by atoms with van der Waals surface area (Å²) in [5, 5.41) is 12.2. The molecule has 0 bridgehead atoms. The summed E-state index contributed by atoms with van der Waals surface area (Å²) in [5.74, 6) is -1.15. The lowest BCUT2D eigenvalue weighted by molar-refractivity contribution is -0.376. The van der Waals surface area contributed by atoms with Crippen molar-refractivity contribution in [1.29, 1.82) is 0 Å². The summed E-state index contributed by atoms with van der Waals surface area (Å²) in [5.41, 5.74) is -5.27. The van der Waals surface area contributed by atoms with Gasteiger partial charge in [0.2, 0.25) is 0 Å². The zero-order valence-corrected chi connectivity index (χ0v) is 27.1. The maximum absolute atomic E-state index is 14.1. The molecular weight excluding hydrogens is 690 g/mol. The van der Waals surface area contributed by atoms with Gasteiger partial charge in [0.15, 0.2) is 15.9 Å². The van der Waals surface area contributed by atoms with Gasteiger partial charge < -0.3 is 15.2 Å². The van der Waals surface area contributed by atoms with Crippen molar-refractivity contribution in [2.75, 3.05) is 11.1 Å². The third-order valence-corrected chi connectivity index (χ3v) is 11.0. The highest BCUT2D eigenvalue weighted by Crippen LogP contribution is 2.51. The molecule has 2 aliphatic rings. The van der Waals surface area contributed by atoms with E-state index in [-0.39, 0.29) is 28.4 Å². The standard InChI is InChI=1S/C35H28F6N2O6S/c1-3-50(47,48)23-16-17-28-20(18-23)19-43(31(45)49-29-26-10-6-4-8-24(26)25-9-5-7-11-27(25)29)32(28,2)30(44)42-22-14-12-21(13-15-22)33(46,34(36,37)38)35(39,40)41/h4-18,29,46H,3,19H2,1-2H3,(H,42,44). The van der Waals surface area contributed by atoms with Crippen LogP contribution in [0, 0.1) is 0 Å². The summed E-state index contributed by atoms with van der Waals surface area (Å²) < 4.78 is 112. The first-order valence-corrected chi connectivity index (χ1v) is 16.8. The second-order valence-corrected chi connectivity index (χ2v) is 14.3. The average Bonchev–Trinajstić information content (AvgIpc) is 3.56. The second kappa shape index (κ2) is 11.9. The van der Waals surface area contributed by atoms with Gasteiger partial charge in [-0.25, -0.2) is 13.2 Å². The van der Waals surface area contributed by atoms with Gasteiger partial charge in [0.05, 0.1) is 17.2 Å². The second-order valence-electron chi connectivity index (χ2n) is 12.1. The highest BCUT2D eigenvalue weighted by molar-refractivity contribution is 7.91. The van der Waals surface area contributed by atoms with Crippen molar-refractivity contribution >= 4 is 27.5 Å². The van der Waals surface area contributed by atoms with E-state index in [1.54, 1.807) is 24.3 Å². The lowest BCUT2D eigenvalue weighted by Gasteiger charge is -2.35. The SMILES string of the molecule is CCS(=O)(=O)c1ccc2c(c1)CN(C(=O)OC1c3ccccc3-c3ccccc31)C2(C)C(=O)Nc1ccc(C(O)(C(F)(F)F)C(F)(F)F)cc1. The van der Waals surface area contributed by atoms with Crippen LogP contribution in [0.2, 0.25) is 0 Å². The zero-order chi connectivity index (χ0) is 36.4. The number of rotatable bonds is 6. The predicted octanol–water partition coefficient (Wildman–Crippen LogP) is 7.37. The van der Waals surface area contributed by atoms with E-state index in [1.165, 1.54) is 32.0 Å². The van der Waals surface area contributed by atoms with Crippen LogP contribution in [0.3, 0.4) is 0 Å². The number of nitrogens with one attached hydrogen (secondary N) is 1. The van der Waals surface area contributed by atoms with Gasteiger partial charge in [-0.3, -0.25) is 9.69 Å². The van der Waals surface area contributed by atoms with E-state index in [2.05, 4.69) is 5.32 Å². The van der Waals surface area contributed by atoms with E-state index in [0.717, 1.165) is 28.2 Å².